The molecule has 0 saturated carbocycles. The highest BCUT2D eigenvalue weighted by molar-refractivity contribution is 5.91. The van der Waals surface area contributed by atoms with Crippen molar-refractivity contribution in [2.75, 3.05) is 13.7 Å². The summed E-state index contributed by atoms with van der Waals surface area (Å²) in [6, 6.07) is 6.31. The molecule has 3 rings (SSSR count). The molecule has 2 aromatic rings. The topological polar surface area (TPSA) is 40.2 Å². The van der Waals surface area contributed by atoms with Crippen LogP contribution in [-0.2, 0) is 13.5 Å². The van der Waals surface area contributed by atoms with Gasteiger partial charge in [0.2, 0.25) is 0 Å². The van der Waals surface area contributed by atoms with Crippen molar-refractivity contribution in [2.24, 2.45) is 12.8 Å². The molecule has 0 radical (unpaired) electrons. The van der Waals surface area contributed by atoms with E-state index >= 15 is 0 Å². The molecular formula is C15H20N2O. The zero-order valence-electron chi connectivity index (χ0n) is 11.1. The van der Waals surface area contributed by atoms with Crippen LogP contribution in [0.5, 0.6) is 5.75 Å². The fourth-order valence-electron chi connectivity index (χ4n) is 3.38. The van der Waals surface area contributed by atoms with Gasteiger partial charge in [-0.05, 0) is 43.4 Å². The Hall–Kier alpha value is -1.48. The summed E-state index contributed by atoms with van der Waals surface area (Å²) >= 11 is 0. The molecule has 0 bridgehead atoms. The fraction of sp³-hybridized carbons (Fsp3) is 0.467. The van der Waals surface area contributed by atoms with Crippen LogP contribution in [0, 0.1) is 0 Å². The minimum atomic E-state index is 0.504. The third kappa shape index (κ3) is 1.47. The molecule has 1 aromatic heterocycles. The summed E-state index contributed by atoms with van der Waals surface area (Å²) in [5.41, 5.74) is 10.1. The minimum Gasteiger partial charge on any atom is -0.495 e. The highest BCUT2D eigenvalue weighted by atomic mass is 16.5. The molecule has 0 amide bonds. The number of fused-ring (bicyclic) bond motifs is 3. The molecule has 1 heterocycles. The lowest BCUT2D eigenvalue weighted by atomic mass is 9.85. The van der Waals surface area contributed by atoms with Crippen molar-refractivity contribution in [2.45, 2.75) is 25.2 Å². The molecule has 0 spiro atoms. The number of hydrogen-bond acceptors (Lipinski definition) is 2. The molecule has 0 fully saturated rings. The van der Waals surface area contributed by atoms with Crippen LogP contribution in [0.3, 0.4) is 0 Å². The Morgan fingerprint density at radius 3 is 3.00 bits per heavy atom. The molecule has 3 heteroatoms. The first-order valence-corrected chi connectivity index (χ1v) is 6.62. The maximum Gasteiger partial charge on any atom is 0.143 e. The Morgan fingerprint density at radius 1 is 1.44 bits per heavy atom. The summed E-state index contributed by atoms with van der Waals surface area (Å²) in [7, 11) is 3.88. The van der Waals surface area contributed by atoms with Crippen molar-refractivity contribution in [3.05, 3.63) is 29.5 Å². The number of benzene rings is 1. The van der Waals surface area contributed by atoms with Gasteiger partial charge in [0.05, 0.1) is 12.6 Å². The molecule has 0 aliphatic heterocycles. The van der Waals surface area contributed by atoms with Crippen LogP contribution >= 0.6 is 0 Å². The van der Waals surface area contributed by atoms with Gasteiger partial charge in [0.25, 0.3) is 0 Å². The molecule has 1 aliphatic rings. The SMILES string of the molecule is COc1cccc2c3c(n(C)c12)CCCC3CN. The molecular weight excluding hydrogens is 224 g/mol. The van der Waals surface area contributed by atoms with Crippen LogP contribution in [-0.4, -0.2) is 18.2 Å². The maximum atomic E-state index is 5.95. The molecule has 3 nitrogen and oxygen atoms in total. The minimum absolute atomic E-state index is 0.504. The van der Waals surface area contributed by atoms with Crippen molar-refractivity contribution in [1.29, 1.82) is 0 Å². The Morgan fingerprint density at radius 2 is 2.28 bits per heavy atom. The van der Waals surface area contributed by atoms with E-state index in [0.717, 1.165) is 18.7 Å². The molecule has 0 saturated heterocycles. The Balaban J connectivity index is 2.35. The van der Waals surface area contributed by atoms with Gasteiger partial charge in [-0.1, -0.05) is 12.1 Å². The number of nitrogens with zero attached hydrogens (tertiary/aromatic N) is 1. The van der Waals surface area contributed by atoms with Crippen LogP contribution < -0.4 is 10.5 Å². The van der Waals surface area contributed by atoms with Gasteiger partial charge in [-0.3, -0.25) is 0 Å². The average molecular weight is 244 g/mol. The van der Waals surface area contributed by atoms with Gasteiger partial charge in [-0.2, -0.15) is 0 Å². The number of aryl methyl sites for hydroxylation is 1. The normalized spacial score (nSPS) is 18.9. The molecule has 2 N–H and O–H groups in total. The van der Waals surface area contributed by atoms with Crippen molar-refractivity contribution >= 4 is 10.9 Å². The van der Waals surface area contributed by atoms with E-state index in [4.69, 9.17) is 10.5 Å². The lowest BCUT2D eigenvalue weighted by molar-refractivity contribution is 0.417. The van der Waals surface area contributed by atoms with E-state index in [9.17, 15) is 0 Å². The first kappa shape index (κ1) is 11.6. The lowest BCUT2D eigenvalue weighted by Crippen LogP contribution is -2.18. The van der Waals surface area contributed by atoms with Gasteiger partial charge < -0.3 is 15.0 Å². The smallest absolute Gasteiger partial charge is 0.143 e. The number of methoxy groups -OCH3 is 1. The number of rotatable bonds is 2. The van der Waals surface area contributed by atoms with Crippen LogP contribution in [0.1, 0.15) is 30.0 Å². The Labute approximate surface area is 108 Å². The van der Waals surface area contributed by atoms with E-state index in [-0.39, 0.29) is 0 Å². The predicted molar refractivity (Wildman–Crippen MR) is 74.2 cm³/mol. The van der Waals surface area contributed by atoms with E-state index in [1.165, 1.54) is 35.0 Å². The van der Waals surface area contributed by atoms with Gasteiger partial charge in [0.15, 0.2) is 0 Å². The first-order valence-electron chi connectivity index (χ1n) is 6.62. The monoisotopic (exact) mass is 244 g/mol. The predicted octanol–water partition coefficient (Wildman–Crippen LogP) is 2.57. The number of hydrogen-bond donors (Lipinski definition) is 1. The van der Waals surface area contributed by atoms with Crippen LogP contribution in [0.25, 0.3) is 10.9 Å². The molecule has 1 atom stereocenters. The van der Waals surface area contributed by atoms with Crippen molar-refractivity contribution in [3.8, 4) is 5.75 Å². The Kier molecular flexibility index (Phi) is 2.78. The lowest BCUT2D eigenvalue weighted by Gasteiger charge is -2.22. The van der Waals surface area contributed by atoms with Crippen molar-refractivity contribution in [3.63, 3.8) is 0 Å². The van der Waals surface area contributed by atoms with E-state index in [1.54, 1.807) is 7.11 Å². The fourth-order valence-corrected chi connectivity index (χ4v) is 3.38. The number of ether oxygens (including phenoxy) is 1. The molecule has 1 aliphatic carbocycles. The van der Waals surface area contributed by atoms with Crippen LogP contribution in [0.15, 0.2) is 18.2 Å². The van der Waals surface area contributed by atoms with Gasteiger partial charge >= 0.3 is 0 Å². The molecule has 1 unspecified atom stereocenters. The van der Waals surface area contributed by atoms with E-state index < -0.39 is 0 Å². The summed E-state index contributed by atoms with van der Waals surface area (Å²) in [6.45, 7) is 0.739. The standard InChI is InChI=1S/C15H20N2O/c1-17-12-7-3-5-10(9-16)14(12)11-6-4-8-13(18-2)15(11)17/h4,6,8,10H,3,5,7,9,16H2,1-2H3. The zero-order valence-corrected chi connectivity index (χ0v) is 11.1. The van der Waals surface area contributed by atoms with E-state index in [1.807, 2.05) is 6.07 Å². The summed E-state index contributed by atoms with van der Waals surface area (Å²) in [4.78, 5) is 0. The highest BCUT2D eigenvalue weighted by Crippen LogP contribution is 2.40. The summed E-state index contributed by atoms with van der Waals surface area (Å²) < 4.78 is 7.80. The van der Waals surface area contributed by atoms with Crippen LogP contribution in [0.2, 0.25) is 0 Å². The van der Waals surface area contributed by atoms with Crippen molar-refractivity contribution in [1.82, 2.24) is 4.57 Å². The zero-order chi connectivity index (χ0) is 12.7. The number of aromatic nitrogens is 1. The summed E-state index contributed by atoms with van der Waals surface area (Å²) in [5.74, 6) is 1.46. The summed E-state index contributed by atoms with van der Waals surface area (Å²) in [6.07, 6.45) is 3.60. The van der Waals surface area contributed by atoms with E-state index in [2.05, 4.69) is 23.7 Å². The van der Waals surface area contributed by atoms with Crippen molar-refractivity contribution < 1.29 is 4.74 Å². The van der Waals surface area contributed by atoms with Crippen LogP contribution in [0.4, 0.5) is 0 Å². The quantitative estimate of drug-likeness (QED) is 0.882. The van der Waals surface area contributed by atoms with Gasteiger partial charge in [-0.15, -0.1) is 0 Å². The maximum absolute atomic E-state index is 5.95. The largest absolute Gasteiger partial charge is 0.495 e. The second-order valence-corrected chi connectivity index (χ2v) is 5.10. The van der Waals surface area contributed by atoms with Gasteiger partial charge in [0.1, 0.15) is 5.75 Å². The number of para-hydroxylation sites is 1. The molecule has 1 aromatic carbocycles. The van der Waals surface area contributed by atoms with Gasteiger partial charge in [0, 0.05) is 18.1 Å². The third-order valence-corrected chi connectivity index (χ3v) is 4.22. The first-order chi connectivity index (χ1) is 8.77. The third-order valence-electron chi connectivity index (χ3n) is 4.22. The second kappa shape index (κ2) is 4.32. The van der Waals surface area contributed by atoms with E-state index in [0.29, 0.717) is 5.92 Å². The summed E-state index contributed by atoms with van der Waals surface area (Å²) in [5, 5.41) is 1.32. The van der Waals surface area contributed by atoms with Gasteiger partial charge in [-0.25, -0.2) is 0 Å². The number of nitrogens with two attached hydrogens (primary N) is 1. The molecule has 96 valence electrons. The average Bonchev–Trinajstić information content (AvgIpc) is 2.73. The molecule has 18 heavy (non-hydrogen) atoms. The Bertz CT molecular complexity index is 586. The highest BCUT2D eigenvalue weighted by Gasteiger charge is 2.26. The second-order valence-electron chi connectivity index (χ2n) is 5.10.